The van der Waals surface area contributed by atoms with Crippen LogP contribution in [0.3, 0.4) is 0 Å². The van der Waals surface area contributed by atoms with E-state index < -0.39 is 5.54 Å². The van der Waals surface area contributed by atoms with Crippen molar-refractivity contribution in [3.05, 3.63) is 22.2 Å². The number of nitrogens with two attached hydrogens (primary N) is 1. The summed E-state index contributed by atoms with van der Waals surface area (Å²) < 4.78 is 0.445. The highest BCUT2D eigenvalue weighted by molar-refractivity contribution is 9.10. The molecule has 13 heavy (non-hydrogen) atoms. The van der Waals surface area contributed by atoms with Gasteiger partial charge in [0.25, 0.3) is 0 Å². The SMILES string of the molecule is CC(C)(N)c1cc(O)c(O)c(Br)c1. The molecule has 0 bridgehead atoms. The molecule has 0 amide bonds. The van der Waals surface area contributed by atoms with Gasteiger partial charge in [-0.1, -0.05) is 0 Å². The Morgan fingerprint density at radius 3 is 2.23 bits per heavy atom. The van der Waals surface area contributed by atoms with Gasteiger partial charge in [0.1, 0.15) is 0 Å². The van der Waals surface area contributed by atoms with Gasteiger partial charge in [-0.15, -0.1) is 0 Å². The van der Waals surface area contributed by atoms with Gasteiger partial charge >= 0.3 is 0 Å². The zero-order valence-corrected chi connectivity index (χ0v) is 9.09. The molecule has 1 aromatic carbocycles. The number of benzene rings is 1. The Labute approximate surface area is 85.3 Å². The van der Waals surface area contributed by atoms with E-state index in [1.165, 1.54) is 6.07 Å². The van der Waals surface area contributed by atoms with Gasteiger partial charge in [-0.25, -0.2) is 0 Å². The fourth-order valence-corrected chi connectivity index (χ4v) is 1.41. The molecule has 0 spiro atoms. The second-order valence-electron chi connectivity index (χ2n) is 3.55. The van der Waals surface area contributed by atoms with Gasteiger partial charge in [0.05, 0.1) is 4.47 Å². The molecular formula is C9H12BrNO2. The molecule has 1 aromatic rings. The van der Waals surface area contributed by atoms with Gasteiger partial charge in [0, 0.05) is 5.54 Å². The molecule has 0 fully saturated rings. The molecule has 1 rings (SSSR count). The van der Waals surface area contributed by atoms with Crippen LogP contribution in [0.1, 0.15) is 19.4 Å². The van der Waals surface area contributed by atoms with Crippen LogP contribution in [0.4, 0.5) is 0 Å². The van der Waals surface area contributed by atoms with Crippen molar-refractivity contribution in [3.8, 4) is 11.5 Å². The second kappa shape index (κ2) is 3.20. The predicted octanol–water partition coefficient (Wildman–Crippen LogP) is 2.05. The Balaban J connectivity index is 3.29. The lowest BCUT2D eigenvalue weighted by Crippen LogP contribution is -2.28. The number of phenolic OH excluding ortho intramolecular Hbond substituents is 2. The molecule has 0 unspecified atom stereocenters. The Morgan fingerprint density at radius 1 is 1.31 bits per heavy atom. The van der Waals surface area contributed by atoms with Crippen LogP contribution in [-0.4, -0.2) is 10.2 Å². The number of aromatic hydroxyl groups is 2. The van der Waals surface area contributed by atoms with E-state index in [0.29, 0.717) is 4.47 Å². The minimum Gasteiger partial charge on any atom is -0.504 e. The van der Waals surface area contributed by atoms with E-state index in [0.717, 1.165) is 5.56 Å². The standard InChI is InChI=1S/C9H12BrNO2/c1-9(2,11)5-3-6(10)8(13)7(12)4-5/h3-4,12-13H,11H2,1-2H3. The third-order valence-electron chi connectivity index (χ3n) is 1.79. The first-order valence-corrected chi connectivity index (χ1v) is 4.62. The number of halogens is 1. The fraction of sp³-hybridized carbons (Fsp3) is 0.333. The third kappa shape index (κ3) is 2.14. The van der Waals surface area contributed by atoms with Gasteiger partial charge < -0.3 is 15.9 Å². The maximum absolute atomic E-state index is 9.31. The van der Waals surface area contributed by atoms with Crippen LogP contribution in [-0.2, 0) is 5.54 Å². The van der Waals surface area contributed by atoms with Crippen molar-refractivity contribution in [2.75, 3.05) is 0 Å². The minimum absolute atomic E-state index is 0.159. The van der Waals surface area contributed by atoms with E-state index in [2.05, 4.69) is 15.9 Å². The van der Waals surface area contributed by atoms with Crippen LogP contribution in [0.25, 0.3) is 0 Å². The summed E-state index contributed by atoms with van der Waals surface area (Å²) in [4.78, 5) is 0. The fourth-order valence-electron chi connectivity index (χ4n) is 0.957. The summed E-state index contributed by atoms with van der Waals surface area (Å²) in [7, 11) is 0. The average Bonchev–Trinajstić information content (AvgIpc) is 1.97. The largest absolute Gasteiger partial charge is 0.504 e. The van der Waals surface area contributed by atoms with Gasteiger partial charge in [-0.05, 0) is 47.5 Å². The molecule has 4 N–H and O–H groups in total. The number of phenols is 2. The van der Waals surface area contributed by atoms with Crippen LogP contribution in [0.2, 0.25) is 0 Å². The second-order valence-corrected chi connectivity index (χ2v) is 4.40. The summed E-state index contributed by atoms with van der Waals surface area (Å²) in [6, 6.07) is 3.15. The molecule has 0 aromatic heterocycles. The Kier molecular flexibility index (Phi) is 2.54. The third-order valence-corrected chi connectivity index (χ3v) is 2.39. The van der Waals surface area contributed by atoms with Crippen LogP contribution < -0.4 is 5.73 Å². The van der Waals surface area contributed by atoms with E-state index in [-0.39, 0.29) is 11.5 Å². The van der Waals surface area contributed by atoms with Gasteiger partial charge in [-0.3, -0.25) is 0 Å². The molecule has 0 aliphatic carbocycles. The molecule has 0 heterocycles. The number of rotatable bonds is 1. The minimum atomic E-state index is -0.534. The van der Waals surface area contributed by atoms with Crippen molar-refractivity contribution < 1.29 is 10.2 Å². The highest BCUT2D eigenvalue weighted by Gasteiger charge is 2.17. The molecule has 3 nitrogen and oxygen atoms in total. The molecule has 0 atom stereocenters. The van der Waals surface area contributed by atoms with Gasteiger partial charge in [0.15, 0.2) is 11.5 Å². The quantitative estimate of drug-likeness (QED) is 0.664. The first-order chi connectivity index (χ1) is 5.82. The highest BCUT2D eigenvalue weighted by Crippen LogP contribution is 2.36. The summed E-state index contributed by atoms with van der Waals surface area (Å²) in [6.07, 6.45) is 0. The van der Waals surface area contributed by atoms with Crippen molar-refractivity contribution in [2.24, 2.45) is 5.73 Å². The molecular weight excluding hydrogens is 234 g/mol. The first kappa shape index (κ1) is 10.3. The van der Waals surface area contributed by atoms with E-state index in [9.17, 15) is 10.2 Å². The molecule has 72 valence electrons. The molecule has 0 aliphatic heterocycles. The van der Waals surface area contributed by atoms with Crippen LogP contribution in [0.15, 0.2) is 16.6 Å². The summed E-state index contributed by atoms with van der Waals surface area (Å²) in [5.41, 5.74) is 6.06. The Morgan fingerprint density at radius 2 is 1.85 bits per heavy atom. The van der Waals surface area contributed by atoms with Gasteiger partial charge in [-0.2, -0.15) is 0 Å². The maximum atomic E-state index is 9.31. The zero-order chi connectivity index (χ0) is 10.2. The predicted molar refractivity (Wildman–Crippen MR) is 54.7 cm³/mol. The summed E-state index contributed by atoms with van der Waals surface area (Å²) in [5.74, 6) is -0.323. The molecule has 4 heteroatoms. The first-order valence-electron chi connectivity index (χ1n) is 3.83. The molecule has 0 saturated carbocycles. The van der Waals surface area contributed by atoms with Crippen LogP contribution in [0, 0.1) is 0 Å². The Bertz CT molecular complexity index is 308. The van der Waals surface area contributed by atoms with Gasteiger partial charge in [0.2, 0.25) is 0 Å². The summed E-state index contributed by atoms with van der Waals surface area (Å²) in [5, 5.41) is 18.6. The molecule has 0 aliphatic rings. The van der Waals surface area contributed by atoms with E-state index >= 15 is 0 Å². The summed E-state index contributed by atoms with van der Waals surface area (Å²) >= 11 is 3.12. The lowest BCUT2D eigenvalue weighted by atomic mass is 9.95. The molecule has 0 radical (unpaired) electrons. The monoisotopic (exact) mass is 245 g/mol. The smallest absolute Gasteiger partial charge is 0.171 e. The number of hydrogen-bond donors (Lipinski definition) is 3. The van der Waals surface area contributed by atoms with Crippen molar-refractivity contribution in [2.45, 2.75) is 19.4 Å². The highest BCUT2D eigenvalue weighted by atomic mass is 79.9. The van der Waals surface area contributed by atoms with E-state index in [1.54, 1.807) is 6.07 Å². The lowest BCUT2D eigenvalue weighted by molar-refractivity contribution is 0.398. The number of hydrogen-bond acceptors (Lipinski definition) is 3. The van der Waals surface area contributed by atoms with Crippen molar-refractivity contribution >= 4 is 15.9 Å². The topological polar surface area (TPSA) is 66.5 Å². The lowest BCUT2D eigenvalue weighted by Gasteiger charge is -2.20. The molecule has 0 saturated heterocycles. The average molecular weight is 246 g/mol. The van der Waals surface area contributed by atoms with Crippen molar-refractivity contribution in [1.82, 2.24) is 0 Å². The van der Waals surface area contributed by atoms with Crippen LogP contribution in [0.5, 0.6) is 11.5 Å². The van der Waals surface area contributed by atoms with E-state index in [4.69, 9.17) is 5.73 Å². The Hall–Kier alpha value is -0.740. The zero-order valence-electron chi connectivity index (χ0n) is 7.50. The van der Waals surface area contributed by atoms with Crippen molar-refractivity contribution in [3.63, 3.8) is 0 Å². The summed E-state index contributed by atoms with van der Waals surface area (Å²) in [6.45, 7) is 3.65. The normalized spacial score (nSPS) is 11.7. The van der Waals surface area contributed by atoms with Crippen molar-refractivity contribution in [1.29, 1.82) is 0 Å². The van der Waals surface area contributed by atoms with E-state index in [1.807, 2.05) is 13.8 Å². The maximum Gasteiger partial charge on any atom is 0.171 e. The van der Waals surface area contributed by atoms with Crippen LogP contribution >= 0.6 is 15.9 Å².